The number of aromatic nitrogens is 3. The highest BCUT2D eigenvalue weighted by atomic mass is 15.4. The lowest BCUT2D eigenvalue weighted by Gasteiger charge is -2.20. The lowest BCUT2D eigenvalue weighted by molar-refractivity contribution is 0.510. The Balaban J connectivity index is 2.30. The Bertz CT molecular complexity index is 229. The number of nitrogens with zero attached hydrogens (tertiary/aromatic N) is 3. The van der Waals surface area contributed by atoms with Crippen molar-refractivity contribution in [1.82, 2.24) is 14.8 Å². The maximum absolute atomic E-state index is 4.05. The zero-order valence-corrected chi connectivity index (χ0v) is 5.91. The molecule has 0 amide bonds. The third kappa shape index (κ3) is 0.761. The number of hydrogen-bond acceptors (Lipinski definition) is 3. The number of aryl methyl sites for hydroxylation is 1. The minimum absolute atomic E-state index is 0.539. The van der Waals surface area contributed by atoms with Crippen LogP contribution in [0, 0.1) is 0 Å². The summed E-state index contributed by atoms with van der Waals surface area (Å²) in [7, 11) is 0. The van der Waals surface area contributed by atoms with Gasteiger partial charge in [-0.25, -0.2) is 4.68 Å². The van der Waals surface area contributed by atoms with Crippen LogP contribution in [0.4, 0.5) is 5.95 Å². The molecule has 54 valence electrons. The minimum Gasteiger partial charge on any atom is -0.352 e. The highest BCUT2D eigenvalue weighted by Gasteiger charge is 2.13. The monoisotopic (exact) mass is 138 g/mol. The zero-order valence-electron chi connectivity index (χ0n) is 5.91. The molecule has 1 aliphatic heterocycles. The number of nitrogens with one attached hydrogen (secondary N) is 1. The molecule has 10 heavy (non-hydrogen) atoms. The van der Waals surface area contributed by atoms with Gasteiger partial charge in [0.1, 0.15) is 6.33 Å². The van der Waals surface area contributed by atoms with Gasteiger partial charge in [0.15, 0.2) is 0 Å². The molecule has 0 radical (unpaired) electrons. The van der Waals surface area contributed by atoms with Gasteiger partial charge in [-0.15, -0.1) is 0 Å². The van der Waals surface area contributed by atoms with Crippen molar-refractivity contribution in [1.29, 1.82) is 0 Å². The van der Waals surface area contributed by atoms with Gasteiger partial charge in [0.2, 0.25) is 5.95 Å². The summed E-state index contributed by atoms with van der Waals surface area (Å²) in [5.41, 5.74) is 0. The molecule has 2 rings (SSSR count). The lowest BCUT2D eigenvalue weighted by Crippen LogP contribution is -2.26. The summed E-state index contributed by atoms with van der Waals surface area (Å²) < 4.78 is 1.89. The molecule has 0 fully saturated rings. The van der Waals surface area contributed by atoms with Crippen LogP contribution in [0.3, 0.4) is 0 Å². The van der Waals surface area contributed by atoms with E-state index in [9.17, 15) is 0 Å². The molecule has 4 heteroatoms. The fourth-order valence-electron chi connectivity index (χ4n) is 1.15. The van der Waals surface area contributed by atoms with Crippen molar-refractivity contribution >= 4 is 5.95 Å². The molecule has 0 saturated carbocycles. The molecule has 0 spiro atoms. The standard InChI is InChI=1S/C6H10N4/c1-5-2-3-10-6(9-5)7-4-8-10/h4-5H,2-3H2,1H3,(H,7,8,9). The van der Waals surface area contributed by atoms with E-state index < -0.39 is 0 Å². The Labute approximate surface area is 59.3 Å². The first-order valence-electron chi connectivity index (χ1n) is 3.50. The van der Waals surface area contributed by atoms with Crippen molar-refractivity contribution < 1.29 is 0 Å². The summed E-state index contributed by atoms with van der Waals surface area (Å²) in [5, 5.41) is 7.26. The molecule has 1 atom stereocenters. The highest BCUT2D eigenvalue weighted by molar-refractivity contribution is 5.26. The van der Waals surface area contributed by atoms with E-state index in [2.05, 4.69) is 22.3 Å². The first-order valence-corrected chi connectivity index (χ1v) is 3.50. The first kappa shape index (κ1) is 5.70. The molecule has 1 N–H and O–H groups in total. The van der Waals surface area contributed by atoms with Crippen LogP contribution in [-0.4, -0.2) is 20.8 Å². The van der Waals surface area contributed by atoms with Gasteiger partial charge in [-0.1, -0.05) is 0 Å². The first-order chi connectivity index (χ1) is 4.86. The van der Waals surface area contributed by atoms with E-state index in [1.54, 1.807) is 6.33 Å². The van der Waals surface area contributed by atoms with Gasteiger partial charge in [-0.2, -0.15) is 10.1 Å². The largest absolute Gasteiger partial charge is 0.352 e. The van der Waals surface area contributed by atoms with Gasteiger partial charge in [-0.05, 0) is 13.3 Å². The summed E-state index contributed by atoms with van der Waals surface area (Å²) in [5.74, 6) is 0.902. The van der Waals surface area contributed by atoms with Gasteiger partial charge in [0.05, 0.1) is 0 Å². The second kappa shape index (κ2) is 1.97. The van der Waals surface area contributed by atoms with Crippen LogP contribution in [0.25, 0.3) is 0 Å². The average molecular weight is 138 g/mol. The molecule has 4 nitrogen and oxygen atoms in total. The van der Waals surface area contributed by atoms with Crippen molar-refractivity contribution in [2.75, 3.05) is 5.32 Å². The predicted octanol–water partition coefficient (Wildman–Crippen LogP) is 0.482. The number of hydrogen-bond donors (Lipinski definition) is 1. The Morgan fingerprint density at radius 3 is 3.60 bits per heavy atom. The third-order valence-corrected chi connectivity index (χ3v) is 1.76. The van der Waals surface area contributed by atoms with Crippen LogP contribution in [0.15, 0.2) is 6.33 Å². The van der Waals surface area contributed by atoms with Gasteiger partial charge in [0, 0.05) is 12.6 Å². The van der Waals surface area contributed by atoms with Crippen molar-refractivity contribution in [3.8, 4) is 0 Å². The van der Waals surface area contributed by atoms with E-state index in [0.29, 0.717) is 6.04 Å². The minimum atomic E-state index is 0.539. The van der Waals surface area contributed by atoms with Crippen LogP contribution in [0.2, 0.25) is 0 Å². The summed E-state index contributed by atoms with van der Waals surface area (Å²) in [6, 6.07) is 0.539. The molecule has 0 aliphatic carbocycles. The molecule has 1 aliphatic rings. The van der Waals surface area contributed by atoms with Crippen molar-refractivity contribution in [3.63, 3.8) is 0 Å². The van der Waals surface area contributed by atoms with E-state index in [1.165, 1.54) is 0 Å². The number of fused-ring (bicyclic) bond motifs is 1. The van der Waals surface area contributed by atoms with E-state index in [1.807, 2.05) is 4.68 Å². The maximum Gasteiger partial charge on any atom is 0.221 e. The molecular weight excluding hydrogens is 128 g/mol. The summed E-state index contributed by atoms with van der Waals surface area (Å²) >= 11 is 0. The molecule has 1 aromatic heterocycles. The van der Waals surface area contributed by atoms with E-state index in [-0.39, 0.29) is 0 Å². The molecule has 0 bridgehead atoms. The van der Waals surface area contributed by atoms with Crippen LogP contribution in [0.1, 0.15) is 13.3 Å². The van der Waals surface area contributed by atoms with Crippen LogP contribution in [0.5, 0.6) is 0 Å². The second-order valence-corrected chi connectivity index (χ2v) is 2.64. The Hall–Kier alpha value is -1.06. The fourth-order valence-corrected chi connectivity index (χ4v) is 1.15. The summed E-state index contributed by atoms with van der Waals surface area (Å²) in [6.45, 7) is 3.14. The second-order valence-electron chi connectivity index (χ2n) is 2.64. The molecule has 2 heterocycles. The highest BCUT2D eigenvalue weighted by Crippen LogP contribution is 2.12. The van der Waals surface area contributed by atoms with Gasteiger partial charge in [0.25, 0.3) is 0 Å². The number of rotatable bonds is 0. The third-order valence-electron chi connectivity index (χ3n) is 1.76. The topological polar surface area (TPSA) is 42.7 Å². The van der Waals surface area contributed by atoms with Gasteiger partial charge < -0.3 is 5.32 Å². The average Bonchev–Trinajstić information content (AvgIpc) is 2.33. The molecule has 0 aromatic carbocycles. The Morgan fingerprint density at radius 1 is 1.80 bits per heavy atom. The molecule has 1 unspecified atom stereocenters. The zero-order chi connectivity index (χ0) is 6.97. The fraction of sp³-hybridized carbons (Fsp3) is 0.667. The maximum atomic E-state index is 4.05. The summed E-state index contributed by atoms with van der Waals surface area (Å²) in [4.78, 5) is 4.05. The van der Waals surface area contributed by atoms with Gasteiger partial charge >= 0.3 is 0 Å². The normalized spacial score (nSPS) is 23.5. The molecule has 0 saturated heterocycles. The van der Waals surface area contributed by atoms with E-state index >= 15 is 0 Å². The van der Waals surface area contributed by atoms with Crippen molar-refractivity contribution in [2.24, 2.45) is 0 Å². The Kier molecular flexibility index (Phi) is 1.12. The summed E-state index contributed by atoms with van der Waals surface area (Å²) in [6.07, 6.45) is 2.72. The van der Waals surface area contributed by atoms with Crippen molar-refractivity contribution in [2.45, 2.75) is 25.9 Å². The lowest BCUT2D eigenvalue weighted by atomic mass is 10.2. The van der Waals surface area contributed by atoms with Gasteiger partial charge in [-0.3, -0.25) is 0 Å². The molecule has 1 aromatic rings. The van der Waals surface area contributed by atoms with Crippen molar-refractivity contribution in [3.05, 3.63) is 6.33 Å². The van der Waals surface area contributed by atoms with E-state index in [4.69, 9.17) is 0 Å². The van der Waals surface area contributed by atoms with Crippen LogP contribution >= 0.6 is 0 Å². The van der Waals surface area contributed by atoms with Crippen LogP contribution < -0.4 is 5.32 Å². The smallest absolute Gasteiger partial charge is 0.221 e. The van der Waals surface area contributed by atoms with Crippen LogP contribution in [-0.2, 0) is 6.54 Å². The quantitative estimate of drug-likeness (QED) is 0.567. The Morgan fingerprint density at radius 2 is 2.70 bits per heavy atom. The number of anilines is 1. The van der Waals surface area contributed by atoms with E-state index in [0.717, 1.165) is 18.9 Å². The molecular formula is C6H10N4. The SMILES string of the molecule is CC1CCn2ncnc2N1. The predicted molar refractivity (Wildman–Crippen MR) is 37.7 cm³/mol.